The minimum absolute atomic E-state index is 0.102. The van der Waals surface area contributed by atoms with Crippen molar-refractivity contribution >= 4 is 15.9 Å². The van der Waals surface area contributed by atoms with E-state index in [1.807, 2.05) is 38.1 Å². The van der Waals surface area contributed by atoms with E-state index < -0.39 is 0 Å². The van der Waals surface area contributed by atoms with Crippen molar-refractivity contribution in [2.75, 3.05) is 0 Å². The van der Waals surface area contributed by atoms with Crippen molar-refractivity contribution in [3.8, 4) is 0 Å². The predicted molar refractivity (Wildman–Crippen MR) is 67.1 cm³/mol. The molecule has 3 heteroatoms. The lowest BCUT2D eigenvalue weighted by atomic mass is 9.66. The van der Waals surface area contributed by atoms with E-state index in [9.17, 15) is 5.11 Å². The molecule has 0 amide bonds. The summed E-state index contributed by atoms with van der Waals surface area (Å²) in [6.45, 7) is 4.72. The third-order valence-corrected chi connectivity index (χ3v) is 4.02. The van der Waals surface area contributed by atoms with Gasteiger partial charge in [-0.15, -0.1) is 0 Å². The average Bonchev–Trinajstić information content (AvgIpc) is 2.26. The van der Waals surface area contributed by atoms with Crippen molar-refractivity contribution in [3.63, 3.8) is 0 Å². The van der Waals surface area contributed by atoms with Gasteiger partial charge in [0, 0.05) is 16.3 Å². The standard InChI is InChI=1S/C13H17BrO2/c1-13(2)11(15)7-12(13)16-8-9-3-5-10(14)6-4-9/h3-6,11-12,15H,7-8H2,1-2H3. The van der Waals surface area contributed by atoms with Gasteiger partial charge in [0.25, 0.3) is 0 Å². The van der Waals surface area contributed by atoms with Crippen LogP contribution in [0.2, 0.25) is 0 Å². The minimum atomic E-state index is -0.220. The van der Waals surface area contributed by atoms with Crippen molar-refractivity contribution < 1.29 is 9.84 Å². The fourth-order valence-electron chi connectivity index (χ4n) is 1.92. The first kappa shape index (κ1) is 12.1. The summed E-state index contributed by atoms with van der Waals surface area (Å²) in [7, 11) is 0. The summed E-state index contributed by atoms with van der Waals surface area (Å²) >= 11 is 3.40. The molecule has 1 aromatic carbocycles. The van der Waals surface area contributed by atoms with Crippen LogP contribution in [-0.2, 0) is 11.3 Å². The molecule has 1 aromatic rings. The smallest absolute Gasteiger partial charge is 0.0720 e. The number of halogens is 1. The summed E-state index contributed by atoms with van der Waals surface area (Å²) in [5.41, 5.74) is 1.07. The minimum Gasteiger partial charge on any atom is -0.392 e. The van der Waals surface area contributed by atoms with Crippen LogP contribution >= 0.6 is 15.9 Å². The largest absolute Gasteiger partial charge is 0.392 e. The van der Waals surface area contributed by atoms with E-state index in [0.29, 0.717) is 6.61 Å². The molecular weight excluding hydrogens is 268 g/mol. The third-order valence-electron chi connectivity index (χ3n) is 3.49. The van der Waals surface area contributed by atoms with E-state index in [4.69, 9.17) is 4.74 Å². The van der Waals surface area contributed by atoms with E-state index >= 15 is 0 Å². The van der Waals surface area contributed by atoms with Crippen LogP contribution < -0.4 is 0 Å². The van der Waals surface area contributed by atoms with Gasteiger partial charge in [-0.2, -0.15) is 0 Å². The highest BCUT2D eigenvalue weighted by atomic mass is 79.9. The maximum atomic E-state index is 9.59. The molecule has 0 saturated heterocycles. The van der Waals surface area contributed by atoms with Crippen molar-refractivity contribution in [3.05, 3.63) is 34.3 Å². The molecule has 2 rings (SSSR count). The summed E-state index contributed by atoms with van der Waals surface area (Å²) < 4.78 is 6.89. The maximum Gasteiger partial charge on any atom is 0.0720 e. The van der Waals surface area contributed by atoms with Crippen LogP contribution in [0.3, 0.4) is 0 Å². The molecule has 1 aliphatic carbocycles. The number of aliphatic hydroxyl groups excluding tert-OH is 1. The lowest BCUT2D eigenvalue weighted by Gasteiger charge is -2.48. The van der Waals surface area contributed by atoms with E-state index in [1.54, 1.807) is 0 Å². The van der Waals surface area contributed by atoms with Crippen LogP contribution in [0.25, 0.3) is 0 Å². The maximum absolute atomic E-state index is 9.59. The van der Waals surface area contributed by atoms with Gasteiger partial charge in [-0.25, -0.2) is 0 Å². The molecule has 0 bridgehead atoms. The highest BCUT2D eigenvalue weighted by Gasteiger charge is 2.48. The molecule has 0 aliphatic heterocycles. The third kappa shape index (κ3) is 2.31. The molecule has 0 radical (unpaired) electrons. The Morgan fingerprint density at radius 2 is 2.00 bits per heavy atom. The van der Waals surface area contributed by atoms with Gasteiger partial charge in [0.2, 0.25) is 0 Å². The second-order valence-corrected chi connectivity index (χ2v) is 5.91. The normalized spacial score (nSPS) is 27.5. The second kappa shape index (κ2) is 4.47. The molecule has 1 N–H and O–H groups in total. The van der Waals surface area contributed by atoms with Gasteiger partial charge in [0.15, 0.2) is 0 Å². The van der Waals surface area contributed by atoms with E-state index in [0.717, 1.165) is 10.9 Å². The number of ether oxygens (including phenoxy) is 1. The zero-order chi connectivity index (χ0) is 11.8. The molecule has 2 nitrogen and oxygen atoms in total. The van der Waals surface area contributed by atoms with Gasteiger partial charge in [-0.3, -0.25) is 0 Å². The fourth-order valence-corrected chi connectivity index (χ4v) is 2.19. The molecule has 0 aromatic heterocycles. The zero-order valence-corrected chi connectivity index (χ0v) is 11.2. The Bertz CT molecular complexity index is 359. The highest BCUT2D eigenvalue weighted by molar-refractivity contribution is 9.10. The first-order valence-electron chi connectivity index (χ1n) is 5.54. The van der Waals surface area contributed by atoms with E-state index in [-0.39, 0.29) is 17.6 Å². The number of hydrogen-bond donors (Lipinski definition) is 1. The van der Waals surface area contributed by atoms with Crippen molar-refractivity contribution in [2.24, 2.45) is 5.41 Å². The molecule has 0 heterocycles. The number of hydrogen-bond acceptors (Lipinski definition) is 2. The van der Waals surface area contributed by atoms with Gasteiger partial charge < -0.3 is 9.84 Å². The highest BCUT2D eigenvalue weighted by Crippen LogP contribution is 2.42. The quantitative estimate of drug-likeness (QED) is 0.924. The van der Waals surface area contributed by atoms with Crippen molar-refractivity contribution in [2.45, 2.75) is 39.1 Å². The second-order valence-electron chi connectivity index (χ2n) is 5.00. The Balaban J connectivity index is 1.87. The molecule has 1 aliphatic rings. The number of aliphatic hydroxyl groups is 1. The van der Waals surface area contributed by atoms with Crippen LogP contribution in [0, 0.1) is 5.41 Å². The molecule has 88 valence electrons. The lowest BCUT2D eigenvalue weighted by molar-refractivity contribution is -0.179. The summed E-state index contributed by atoms with van der Waals surface area (Å²) in [6.07, 6.45) is 0.706. The van der Waals surface area contributed by atoms with Crippen LogP contribution in [-0.4, -0.2) is 17.3 Å². The summed E-state index contributed by atoms with van der Waals surface area (Å²) in [5, 5.41) is 9.59. The first-order valence-corrected chi connectivity index (χ1v) is 6.33. The number of benzene rings is 1. The summed E-state index contributed by atoms with van der Waals surface area (Å²) in [6, 6.07) is 8.12. The molecule has 1 fully saturated rings. The average molecular weight is 285 g/mol. The molecule has 1 saturated carbocycles. The Labute approximate surface area is 105 Å². The predicted octanol–water partition coefficient (Wildman–Crippen LogP) is 3.13. The van der Waals surface area contributed by atoms with E-state index in [2.05, 4.69) is 15.9 Å². The topological polar surface area (TPSA) is 29.5 Å². The zero-order valence-electron chi connectivity index (χ0n) is 9.61. The van der Waals surface area contributed by atoms with Gasteiger partial charge in [-0.1, -0.05) is 41.9 Å². The number of rotatable bonds is 3. The fraction of sp³-hybridized carbons (Fsp3) is 0.538. The van der Waals surface area contributed by atoms with Crippen molar-refractivity contribution in [1.29, 1.82) is 0 Å². The van der Waals surface area contributed by atoms with Gasteiger partial charge in [-0.05, 0) is 17.7 Å². The van der Waals surface area contributed by atoms with Gasteiger partial charge in [0.1, 0.15) is 0 Å². The molecular formula is C13H17BrO2. The molecule has 2 atom stereocenters. The Morgan fingerprint density at radius 1 is 1.38 bits per heavy atom. The monoisotopic (exact) mass is 284 g/mol. The van der Waals surface area contributed by atoms with Crippen LogP contribution in [0.1, 0.15) is 25.8 Å². The van der Waals surface area contributed by atoms with Crippen molar-refractivity contribution in [1.82, 2.24) is 0 Å². The molecule has 2 unspecified atom stereocenters. The Kier molecular flexibility index (Phi) is 3.38. The Morgan fingerprint density at radius 3 is 2.50 bits per heavy atom. The van der Waals surface area contributed by atoms with Crippen LogP contribution in [0.4, 0.5) is 0 Å². The van der Waals surface area contributed by atoms with Gasteiger partial charge >= 0.3 is 0 Å². The first-order chi connectivity index (χ1) is 7.50. The Hall–Kier alpha value is -0.380. The summed E-state index contributed by atoms with van der Waals surface area (Å²) in [4.78, 5) is 0. The SMILES string of the molecule is CC1(C)C(O)CC1OCc1ccc(Br)cc1. The molecule has 16 heavy (non-hydrogen) atoms. The van der Waals surface area contributed by atoms with Gasteiger partial charge in [0.05, 0.1) is 18.8 Å². The van der Waals surface area contributed by atoms with E-state index in [1.165, 1.54) is 5.56 Å². The summed E-state index contributed by atoms with van der Waals surface area (Å²) in [5.74, 6) is 0. The van der Waals surface area contributed by atoms with Crippen LogP contribution in [0.15, 0.2) is 28.7 Å². The molecule has 0 spiro atoms. The van der Waals surface area contributed by atoms with Crippen LogP contribution in [0.5, 0.6) is 0 Å². The lowest BCUT2D eigenvalue weighted by Crippen LogP contribution is -2.54.